The van der Waals surface area contributed by atoms with Crippen molar-refractivity contribution in [2.75, 3.05) is 47.8 Å². The summed E-state index contributed by atoms with van der Waals surface area (Å²) in [6, 6.07) is 9.37. The van der Waals surface area contributed by atoms with Gasteiger partial charge < -0.3 is 15.1 Å². The van der Waals surface area contributed by atoms with Crippen LogP contribution < -0.4 is 5.32 Å². The predicted octanol–water partition coefficient (Wildman–Crippen LogP) is 2.00. The molecule has 0 aliphatic carbocycles. The maximum Gasteiger partial charge on any atom is 0.0446 e. The first kappa shape index (κ1) is 16.2. The van der Waals surface area contributed by atoms with E-state index in [1.54, 1.807) is 0 Å². The number of hydrogen-bond donors (Lipinski definition) is 1. The first-order chi connectivity index (χ1) is 9.06. The SMILES string of the molecule is CCc1ccc(C(CN(C)CCN(C)C)NC)cc1. The molecule has 0 saturated carbocycles. The molecule has 3 heteroatoms. The Kier molecular flexibility index (Phi) is 7.06. The maximum atomic E-state index is 3.42. The lowest BCUT2D eigenvalue weighted by Gasteiger charge is -2.25. The summed E-state index contributed by atoms with van der Waals surface area (Å²) in [4.78, 5) is 4.61. The van der Waals surface area contributed by atoms with E-state index in [2.05, 4.69) is 67.4 Å². The van der Waals surface area contributed by atoms with Crippen LogP contribution in [0.25, 0.3) is 0 Å². The molecule has 1 N–H and O–H groups in total. The second-order valence-corrected chi connectivity index (χ2v) is 5.50. The van der Waals surface area contributed by atoms with Crippen molar-refractivity contribution >= 4 is 0 Å². The Labute approximate surface area is 118 Å². The molecule has 0 bridgehead atoms. The van der Waals surface area contributed by atoms with Crippen molar-refractivity contribution in [2.24, 2.45) is 0 Å². The normalized spacial score (nSPS) is 13.2. The lowest BCUT2D eigenvalue weighted by molar-refractivity contribution is 0.260. The van der Waals surface area contributed by atoms with Crippen molar-refractivity contribution in [2.45, 2.75) is 19.4 Å². The van der Waals surface area contributed by atoms with Crippen molar-refractivity contribution < 1.29 is 0 Å². The van der Waals surface area contributed by atoms with Gasteiger partial charge in [-0.1, -0.05) is 31.2 Å². The van der Waals surface area contributed by atoms with Crippen LogP contribution in [0, 0.1) is 0 Å². The molecule has 0 aromatic heterocycles. The van der Waals surface area contributed by atoms with Gasteiger partial charge in [0.25, 0.3) is 0 Å². The Balaban J connectivity index is 2.56. The van der Waals surface area contributed by atoms with Gasteiger partial charge in [0, 0.05) is 25.7 Å². The summed E-state index contributed by atoms with van der Waals surface area (Å²) in [6.45, 7) is 5.43. The van der Waals surface area contributed by atoms with E-state index in [4.69, 9.17) is 0 Å². The topological polar surface area (TPSA) is 18.5 Å². The standard InChI is InChI=1S/C16H29N3/c1-6-14-7-9-15(10-8-14)16(17-2)13-19(5)12-11-18(3)4/h7-10,16-17H,6,11-13H2,1-5H3. The molecule has 0 amide bonds. The Morgan fingerprint density at radius 2 is 1.68 bits per heavy atom. The second-order valence-electron chi connectivity index (χ2n) is 5.50. The fourth-order valence-electron chi connectivity index (χ4n) is 2.12. The zero-order chi connectivity index (χ0) is 14.3. The van der Waals surface area contributed by atoms with Crippen LogP contribution in [0.2, 0.25) is 0 Å². The van der Waals surface area contributed by atoms with Gasteiger partial charge in [0.05, 0.1) is 0 Å². The molecule has 1 aromatic rings. The summed E-state index contributed by atoms with van der Waals surface area (Å²) in [5, 5.41) is 3.42. The molecule has 0 heterocycles. The fourth-order valence-corrected chi connectivity index (χ4v) is 2.12. The third-order valence-corrected chi connectivity index (χ3v) is 3.56. The Hall–Kier alpha value is -0.900. The largest absolute Gasteiger partial charge is 0.312 e. The Morgan fingerprint density at radius 3 is 2.16 bits per heavy atom. The zero-order valence-corrected chi connectivity index (χ0v) is 13.1. The van der Waals surface area contributed by atoms with E-state index in [0.29, 0.717) is 6.04 Å². The van der Waals surface area contributed by atoms with Crippen LogP contribution in [0.3, 0.4) is 0 Å². The van der Waals surface area contributed by atoms with Crippen molar-refractivity contribution in [3.63, 3.8) is 0 Å². The van der Waals surface area contributed by atoms with Gasteiger partial charge >= 0.3 is 0 Å². The molecule has 0 aliphatic heterocycles. The zero-order valence-electron chi connectivity index (χ0n) is 13.1. The number of nitrogens with zero attached hydrogens (tertiary/aromatic N) is 2. The Bertz CT molecular complexity index is 346. The van der Waals surface area contributed by atoms with Gasteiger partial charge in [-0.3, -0.25) is 0 Å². The summed E-state index contributed by atoms with van der Waals surface area (Å²) in [6.07, 6.45) is 1.10. The van der Waals surface area contributed by atoms with Gasteiger partial charge in [-0.2, -0.15) is 0 Å². The number of likely N-dealkylation sites (N-methyl/N-ethyl adjacent to an activating group) is 3. The molecule has 0 radical (unpaired) electrons. The molecular formula is C16H29N3. The lowest BCUT2D eigenvalue weighted by Crippen LogP contribution is -2.35. The number of hydrogen-bond acceptors (Lipinski definition) is 3. The first-order valence-electron chi connectivity index (χ1n) is 7.16. The van der Waals surface area contributed by atoms with Crippen LogP contribution in [-0.2, 0) is 6.42 Å². The molecule has 0 fully saturated rings. The minimum absolute atomic E-state index is 0.401. The average Bonchev–Trinajstić information content (AvgIpc) is 2.42. The number of rotatable bonds is 8. The van der Waals surface area contributed by atoms with Crippen LogP contribution >= 0.6 is 0 Å². The van der Waals surface area contributed by atoms with E-state index in [1.807, 2.05) is 7.05 Å². The molecule has 108 valence electrons. The summed E-state index contributed by atoms with van der Waals surface area (Å²) in [5.74, 6) is 0. The monoisotopic (exact) mass is 263 g/mol. The van der Waals surface area contributed by atoms with Gasteiger partial charge in [-0.25, -0.2) is 0 Å². The fraction of sp³-hybridized carbons (Fsp3) is 0.625. The molecule has 1 unspecified atom stereocenters. The van der Waals surface area contributed by atoms with E-state index in [1.165, 1.54) is 11.1 Å². The summed E-state index contributed by atoms with van der Waals surface area (Å²) < 4.78 is 0. The van der Waals surface area contributed by atoms with Gasteiger partial charge in [0.2, 0.25) is 0 Å². The highest BCUT2D eigenvalue weighted by Crippen LogP contribution is 2.15. The summed E-state index contributed by atoms with van der Waals surface area (Å²) in [7, 11) is 8.46. The van der Waals surface area contributed by atoms with E-state index >= 15 is 0 Å². The minimum atomic E-state index is 0.401. The number of aryl methyl sites for hydroxylation is 1. The third kappa shape index (κ3) is 5.72. The van der Waals surface area contributed by atoms with Crippen molar-refractivity contribution in [1.82, 2.24) is 15.1 Å². The van der Waals surface area contributed by atoms with Crippen LogP contribution in [0.15, 0.2) is 24.3 Å². The summed E-state index contributed by atoms with van der Waals surface area (Å²) in [5.41, 5.74) is 2.77. The second kappa shape index (κ2) is 8.31. The van der Waals surface area contributed by atoms with Gasteiger partial charge in [0.15, 0.2) is 0 Å². The van der Waals surface area contributed by atoms with Crippen LogP contribution in [-0.4, -0.2) is 57.6 Å². The molecule has 1 rings (SSSR count). The third-order valence-electron chi connectivity index (χ3n) is 3.56. The molecule has 0 saturated heterocycles. The van der Waals surface area contributed by atoms with Crippen LogP contribution in [0.4, 0.5) is 0 Å². The number of nitrogens with one attached hydrogen (secondary N) is 1. The van der Waals surface area contributed by atoms with Crippen LogP contribution in [0.5, 0.6) is 0 Å². The van der Waals surface area contributed by atoms with Gasteiger partial charge in [0.1, 0.15) is 0 Å². The lowest BCUT2D eigenvalue weighted by atomic mass is 10.0. The highest BCUT2D eigenvalue weighted by molar-refractivity contribution is 5.25. The van der Waals surface area contributed by atoms with E-state index < -0.39 is 0 Å². The van der Waals surface area contributed by atoms with Crippen LogP contribution in [0.1, 0.15) is 24.1 Å². The van der Waals surface area contributed by atoms with Gasteiger partial charge in [-0.15, -0.1) is 0 Å². The van der Waals surface area contributed by atoms with E-state index in [0.717, 1.165) is 26.1 Å². The van der Waals surface area contributed by atoms with Crippen molar-refractivity contribution in [3.05, 3.63) is 35.4 Å². The Morgan fingerprint density at radius 1 is 1.05 bits per heavy atom. The van der Waals surface area contributed by atoms with Crippen molar-refractivity contribution in [1.29, 1.82) is 0 Å². The number of benzene rings is 1. The van der Waals surface area contributed by atoms with Gasteiger partial charge in [-0.05, 0) is 45.7 Å². The molecule has 0 spiro atoms. The highest BCUT2D eigenvalue weighted by Gasteiger charge is 2.11. The molecule has 0 aliphatic rings. The smallest absolute Gasteiger partial charge is 0.0446 e. The minimum Gasteiger partial charge on any atom is -0.312 e. The summed E-state index contributed by atoms with van der Waals surface area (Å²) >= 11 is 0. The first-order valence-corrected chi connectivity index (χ1v) is 7.16. The quantitative estimate of drug-likeness (QED) is 0.774. The molecule has 19 heavy (non-hydrogen) atoms. The molecule has 3 nitrogen and oxygen atoms in total. The maximum absolute atomic E-state index is 3.42. The molecule has 1 atom stereocenters. The highest BCUT2D eigenvalue weighted by atomic mass is 15.2. The van der Waals surface area contributed by atoms with E-state index in [9.17, 15) is 0 Å². The van der Waals surface area contributed by atoms with E-state index in [-0.39, 0.29) is 0 Å². The van der Waals surface area contributed by atoms with Crippen molar-refractivity contribution in [3.8, 4) is 0 Å². The molecule has 1 aromatic carbocycles. The predicted molar refractivity (Wildman–Crippen MR) is 83.7 cm³/mol. The average molecular weight is 263 g/mol. The molecular weight excluding hydrogens is 234 g/mol.